The van der Waals surface area contributed by atoms with Crippen molar-refractivity contribution >= 4 is 43.5 Å². The molecule has 0 aliphatic heterocycles. The zero-order valence-corrected chi connectivity index (χ0v) is 24.2. The standard InChI is InChI=1S/C41H25N3O/c1-3-14-26(15-4-1)36-30-20-9-7-18-28(30)29-19-8-10-21-31(29)38(36)41-43-39(27-16-5-2-6-17-27)42-40(44-41)33-23-13-25-35-37(33)32-22-11-12-24-34(32)45-35/h1-25H. The summed E-state index contributed by atoms with van der Waals surface area (Å²) in [6, 6.07) is 52.1. The van der Waals surface area contributed by atoms with Crippen LogP contribution in [0.5, 0.6) is 0 Å². The maximum absolute atomic E-state index is 6.26. The predicted octanol–water partition coefficient (Wildman–Crippen LogP) is 10.7. The van der Waals surface area contributed by atoms with E-state index >= 15 is 0 Å². The average Bonchev–Trinajstić information content (AvgIpc) is 3.51. The summed E-state index contributed by atoms with van der Waals surface area (Å²) in [4.78, 5) is 15.7. The molecule has 210 valence electrons. The molecule has 9 rings (SSSR count). The van der Waals surface area contributed by atoms with Crippen molar-refractivity contribution < 1.29 is 4.42 Å². The van der Waals surface area contributed by atoms with Gasteiger partial charge >= 0.3 is 0 Å². The van der Waals surface area contributed by atoms with Crippen LogP contribution < -0.4 is 0 Å². The lowest BCUT2D eigenvalue weighted by Crippen LogP contribution is -2.02. The molecule has 0 N–H and O–H groups in total. The number of aromatic nitrogens is 3. The smallest absolute Gasteiger partial charge is 0.165 e. The van der Waals surface area contributed by atoms with E-state index in [1.54, 1.807) is 0 Å². The lowest BCUT2D eigenvalue weighted by molar-refractivity contribution is 0.669. The Labute approximate surface area is 259 Å². The van der Waals surface area contributed by atoms with E-state index in [1.807, 2.05) is 60.7 Å². The Morgan fingerprint density at radius 2 is 0.844 bits per heavy atom. The molecule has 2 heterocycles. The van der Waals surface area contributed by atoms with Crippen molar-refractivity contribution in [2.24, 2.45) is 0 Å². The van der Waals surface area contributed by atoms with Crippen LogP contribution in [0.4, 0.5) is 0 Å². The van der Waals surface area contributed by atoms with Gasteiger partial charge in [0.05, 0.1) is 0 Å². The normalized spacial score (nSPS) is 11.6. The fourth-order valence-electron chi connectivity index (χ4n) is 6.56. The largest absolute Gasteiger partial charge is 0.456 e. The molecule has 0 fully saturated rings. The summed E-state index contributed by atoms with van der Waals surface area (Å²) in [6.45, 7) is 0. The molecule has 9 aromatic rings. The van der Waals surface area contributed by atoms with Crippen molar-refractivity contribution in [1.29, 1.82) is 0 Å². The highest BCUT2D eigenvalue weighted by atomic mass is 16.3. The number of para-hydroxylation sites is 1. The van der Waals surface area contributed by atoms with Gasteiger partial charge in [-0.25, -0.2) is 15.0 Å². The van der Waals surface area contributed by atoms with Crippen molar-refractivity contribution in [2.75, 3.05) is 0 Å². The van der Waals surface area contributed by atoms with Crippen LogP contribution in [0.2, 0.25) is 0 Å². The second-order valence-electron chi connectivity index (χ2n) is 11.2. The van der Waals surface area contributed by atoms with Crippen LogP contribution >= 0.6 is 0 Å². The first-order valence-electron chi connectivity index (χ1n) is 15.0. The highest BCUT2D eigenvalue weighted by Gasteiger charge is 2.22. The Bertz CT molecular complexity index is 2540. The summed E-state index contributed by atoms with van der Waals surface area (Å²) in [7, 11) is 0. The van der Waals surface area contributed by atoms with E-state index in [1.165, 1.54) is 5.39 Å². The third-order valence-electron chi connectivity index (χ3n) is 8.53. The van der Waals surface area contributed by atoms with Crippen LogP contribution in [0, 0.1) is 0 Å². The molecule has 4 heteroatoms. The Kier molecular flexibility index (Phi) is 5.78. The van der Waals surface area contributed by atoms with Gasteiger partial charge in [-0.1, -0.05) is 140 Å². The maximum Gasteiger partial charge on any atom is 0.165 e. The monoisotopic (exact) mass is 575 g/mol. The quantitative estimate of drug-likeness (QED) is 0.196. The third kappa shape index (κ3) is 4.11. The lowest BCUT2D eigenvalue weighted by Gasteiger charge is -2.18. The van der Waals surface area contributed by atoms with Crippen molar-refractivity contribution in [1.82, 2.24) is 15.0 Å². The molecule has 0 saturated carbocycles. The van der Waals surface area contributed by atoms with E-state index in [0.717, 1.165) is 65.9 Å². The summed E-state index contributed by atoms with van der Waals surface area (Å²) >= 11 is 0. The van der Waals surface area contributed by atoms with E-state index in [-0.39, 0.29) is 0 Å². The first-order valence-corrected chi connectivity index (χ1v) is 15.0. The van der Waals surface area contributed by atoms with E-state index in [2.05, 4.69) is 91.0 Å². The van der Waals surface area contributed by atoms with E-state index in [9.17, 15) is 0 Å². The average molecular weight is 576 g/mol. The van der Waals surface area contributed by atoms with Crippen LogP contribution in [0.15, 0.2) is 156 Å². The third-order valence-corrected chi connectivity index (χ3v) is 8.53. The molecular weight excluding hydrogens is 550 g/mol. The van der Waals surface area contributed by atoms with Gasteiger partial charge in [-0.05, 0) is 39.2 Å². The molecule has 0 unspecified atom stereocenters. The molecule has 0 saturated heterocycles. The Morgan fingerprint density at radius 1 is 0.333 bits per heavy atom. The fourth-order valence-corrected chi connectivity index (χ4v) is 6.56. The van der Waals surface area contributed by atoms with Crippen molar-refractivity contribution in [3.05, 3.63) is 152 Å². The molecule has 4 nitrogen and oxygen atoms in total. The summed E-state index contributed by atoms with van der Waals surface area (Å²) in [6.07, 6.45) is 0. The van der Waals surface area contributed by atoms with Crippen molar-refractivity contribution in [2.45, 2.75) is 0 Å². The van der Waals surface area contributed by atoms with Crippen LogP contribution in [0.1, 0.15) is 0 Å². The van der Waals surface area contributed by atoms with E-state index < -0.39 is 0 Å². The molecule has 45 heavy (non-hydrogen) atoms. The predicted molar refractivity (Wildman–Crippen MR) is 184 cm³/mol. The fraction of sp³-hybridized carbons (Fsp3) is 0. The Morgan fingerprint density at radius 3 is 1.56 bits per heavy atom. The topological polar surface area (TPSA) is 51.8 Å². The number of nitrogens with zero attached hydrogens (tertiary/aromatic N) is 3. The van der Waals surface area contributed by atoms with Gasteiger partial charge in [0.15, 0.2) is 17.5 Å². The first-order chi connectivity index (χ1) is 22.3. The van der Waals surface area contributed by atoms with Gasteiger partial charge < -0.3 is 4.42 Å². The van der Waals surface area contributed by atoms with Gasteiger partial charge in [-0.3, -0.25) is 0 Å². The highest BCUT2D eigenvalue weighted by molar-refractivity contribution is 6.21. The minimum Gasteiger partial charge on any atom is -0.456 e. The van der Waals surface area contributed by atoms with Crippen LogP contribution in [0.3, 0.4) is 0 Å². The SMILES string of the molecule is c1ccc(-c2nc(-c3c(-c4ccccc4)c4ccccc4c4ccccc34)nc(-c3cccc4oc5ccccc5c34)n2)cc1. The molecule has 0 radical (unpaired) electrons. The molecule has 2 aromatic heterocycles. The van der Waals surface area contributed by atoms with Crippen LogP contribution in [-0.4, -0.2) is 15.0 Å². The lowest BCUT2D eigenvalue weighted by atomic mass is 9.87. The molecule has 0 amide bonds. The Hall–Kier alpha value is -6.13. The van der Waals surface area contributed by atoms with Crippen molar-refractivity contribution in [3.8, 4) is 45.3 Å². The molecule has 0 aliphatic rings. The molecule has 7 aromatic carbocycles. The van der Waals surface area contributed by atoms with Gasteiger partial charge in [0, 0.05) is 33.0 Å². The van der Waals surface area contributed by atoms with E-state index in [0.29, 0.717) is 17.5 Å². The number of fused-ring (bicyclic) bond motifs is 6. The summed E-state index contributed by atoms with van der Waals surface area (Å²) in [5, 5.41) is 6.64. The molecule has 0 spiro atoms. The number of furan rings is 1. The van der Waals surface area contributed by atoms with Gasteiger partial charge in [-0.2, -0.15) is 0 Å². The second kappa shape index (κ2) is 10.2. The number of rotatable bonds is 4. The van der Waals surface area contributed by atoms with Gasteiger partial charge in [0.2, 0.25) is 0 Å². The summed E-state index contributed by atoms with van der Waals surface area (Å²) < 4.78 is 6.26. The van der Waals surface area contributed by atoms with Crippen LogP contribution in [-0.2, 0) is 0 Å². The molecule has 0 bridgehead atoms. The second-order valence-corrected chi connectivity index (χ2v) is 11.2. The maximum atomic E-state index is 6.26. The van der Waals surface area contributed by atoms with Gasteiger partial charge in [0.25, 0.3) is 0 Å². The number of hydrogen-bond donors (Lipinski definition) is 0. The number of benzene rings is 7. The van der Waals surface area contributed by atoms with Gasteiger partial charge in [-0.15, -0.1) is 0 Å². The highest BCUT2D eigenvalue weighted by Crippen LogP contribution is 2.44. The van der Waals surface area contributed by atoms with Gasteiger partial charge in [0.1, 0.15) is 11.2 Å². The Balaban J connectivity index is 1.44. The minimum absolute atomic E-state index is 0.604. The minimum atomic E-state index is 0.604. The molecular formula is C41H25N3O. The van der Waals surface area contributed by atoms with Crippen molar-refractivity contribution in [3.63, 3.8) is 0 Å². The van der Waals surface area contributed by atoms with Crippen LogP contribution in [0.25, 0.3) is 88.8 Å². The summed E-state index contributed by atoms with van der Waals surface area (Å²) in [5.74, 6) is 1.85. The zero-order valence-electron chi connectivity index (χ0n) is 24.2. The first kappa shape index (κ1) is 25.4. The molecule has 0 atom stereocenters. The van der Waals surface area contributed by atoms with E-state index in [4.69, 9.17) is 19.4 Å². The number of hydrogen-bond acceptors (Lipinski definition) is 4. The summed E-state index contributed by atoms with van der Waals surface area (Å²) in [5.41, 5.74) is 6.68. The zero-order chi connectivity index (χ0) is 29.7. The molecule has 0 aliphatic carbocycles.